The molecule has 0 N–H and O–H groups in total. The van der Waals surface area contributed by atoms with Crippen molar-refractivity contribution >= 4 is 5.91 Å². The van der Waals surface area contributed by atoms with Crippen LogP contribution in [-0.2, 0) is 6.54 Å². The van der Waals surface area contributed by atoms with Gasteiger partial charge < -0.3 is 18.9 Å². The minimum absolute atomic E-state index is 0.154. The fourth-order valence-corrected chi connectivity index (χ4v) is 2.86. The van der Waals surface area contributed by atoms with Crippen LogP contribution in [0.3, 0.4) is 0 Å². The van der Waals surface area contributed by atoms with E-state index in [2.05, 4.69) is 10.1 Å². The van der Waals surface area contributed by atoms with Gasteiger partial charge >= 0.3 is 0 Å². The zero-order valence-electron chi connectivity index (χ0n) is 16.4. The van der Waals surface area contributed by atoms with E-state index in [4.69, 9.17) is 14.0 Å². The summed E-state index contributed by atoms with van der Waals surface area (Å²) in [7, 11) is 3.09. The van der Waals surface area contributed by atoms with Gasteiger partial charge in [-0.25, -0.2) is 0 Å². The zero-order chi connectivity index (χ0) is 20.1. The molecule has 0 bridgehead atoms. The van der Waals surface area contributed by atoms with E-state index in [0.717, 1.165) is 11.1 Å². The minimum atomic E-state index is -0.154. The maximum Gasteiger partial charge on any atom is 0.254 e. The van der Waals surface area contributed by atoms with Crippen LogP contribution < -0.4 is 9.47 Å². The number of carbonyl (C=O) groups is 1. The van der Waals surface area contributed by atoms with Crippen molar-refractivity contribution in [2.24, 2.45) is 0 Å². The monoisotopic (exact) mass is 381 g/mol. The summed E-state index contributed by atoms with van der Waals surface area (Å²) in [5.74, 6) is 1.81. The Hall–Kier alpha value is -3.35. The molecule has 0 radical (unpaired) electrons. The lowest BCUT2D eigenvalue weighted by Gasteiger charge is -2.19. The Bertz CT molecular complexity index is 968. The highest BCUT2D eigenvalue weighted by Gasteiger charge is 2.20. The minimum Gasteiger partial charge on any atom is -0.493 e. The average Bonchev–Trinajstić information content (AvgIpc) is 3.19. The summed E-state index contributed by atoms with van der Waals surface area (Å²) < 4.78 is 15.9. The Morgan fingerprint density at radius 1 is 1.11 bits per heavy atom. The lowest BCUT2D eigenvalue weighted by molar-refractivity contribution is 0.0734. The number of nitrogens with zero attached hydrogens (tertiary/aromatic N) is 3. The third-order valence-corrected chi connectivity index (χ3v) is 4.37. The number of amides is 1. The Labute approximate surface area is 163 Å². The lowest BCUT2D eigenvalue weighted by Crippen LogP contribution is -2.30. The predicted molar refractivity (Wildman–Crippen MR) is 104 cm³/mol. The largest absolute Gasteiger partial charge is 0.493 e. The highest BCUT2D eigenvalue weighted by molar-refractivity contribution is 5.94. The first-order valence-electron chi connectivity index (χ1n) is 8.96. The number of aryl methyl sites for hydroxylation is 1. The second-order valence-corrected chi connectivity index (χ2v) is 6.27. The summed E-state index contributed by atoms with van der Waals surface area (Å²) in [6, 6.07) is 12.9. The summed E-state index contributed by atoms with van der Waals surface area (Å²) in [5.41, 5.74) is 2.49. The normalized spacial score (nSPS) is 10.6. The summed E-state index contributed by atoms with van der Waals surface area (Å²) in [6.45, 7) is 4.62. The molecule has 0 spiro atoms. The predicted octanol–water partition coefficient (Wildman–Crippen LogP) is 3.72. The topological polar surface area (TPSA) is 77.7 Å². The first-order valence-corrected chi connectivity index (χ1v) is 8.96. The molecule has 0 aliphatic rings. The Morgan fingerprint density at radius 2 is 1.89 bits per heavy atom. The van der Waals surface area contributed by atoms with Gasteiger partial charge in [0.05, 0.1) is 14.2 Å². The lowest BCUT2D eigenvalue weighted by atomic mass is 10.1. The van der Waals surface area contributed by atoms with E-state index >= 15 is 0 Å². The van der Waals surface area contributed by atoms with Crippen LogP contribution in [-0.4, -0.2) is 41.7 Å². The Kier molecular flexibility index (Phi) is 5.93. The van der Waals surface area contributed by atoms with Crippen LogP contribution in [0.4, 0.5) is 0 Å². The molecule has 0 unspecified atom stereocenters. The van der Waals surface area contributed by atoms with Gasteiger partial charge in [-0.3, -0.25) is 4.79 Å². The number of ether oxygens (including phenoxy) is 2. The molecule has 0 atom stereocenters. The standard InChI is InChI=1S/C21H23N3O4/c1-5-24(21(25)16-9-10-17(26-3)18(12-16)27-4)13-19-22-20(23-28-19)15-8-6-7-14(2)11-15/h6-12H,5,13H2,1-4H3. The molecule has 3 aromatic rings. The van der Waals surface area contributed by atoms with Crippen LogP contribution in [0.15, 0.2) is 47.0 Å². The van der Waals surface area contributed by atoms with Crippen LogP contribution in [0, 0.1) is 6.92 Å². The molecular weight excluding hydrogens is 358 g/mol. The van der Waals surface area contributed by atoms with Crippen molar-refractivity contribution in [3.05, 3.63) is 59.5 Å². The van der Waals surface area contributed by atoms with Gasteiger partial charge in [0.2, 0.25) is 11.7 Å². The molecule has 0 aliphatic carbocycles. The van der Waals surface area contributed by atoms with Crippen molar-refractivity contribution in [1.29, 1.82) is 0 Å². The second-order valence-electron chi connectivity index (χ2n) is 6.27. The second kappa shape index (κ2) is 8.56. The number of hydrogen-bond donors (Lipinski definition) is 0. The van der Waals surface area contributed by atoms with Gasteiger partial charge in [-0.15, -0.1) is 0 Å². The van der Waals surface area contributed by atoms with Crippen LogP contribution in [0.25, 0.3) is 11.4 Å². The summed E-state index contributed by atoms with van der Waals surface area (Å²) in [4.78, 5) is 19.0. The molecule has 3 rings (SSSR count). The van der Waals surface area contributed by atoms with E-state index < -0.39 is 0 Å². The quantitative estimate of drug-likeness (QED) is 0.621. The molecule has 0 aliphatic heterocycles. The van der Waals surface area contributed by atoms with Gasteiger partial charge in [-0.05, 0) is 38.1 Å². The van der Waals surface area contributed by atoms with E-state index in [1.54, 1.807) is 30.2 Å². The van der Waals surface area contributed by atoms with Crippen molar-refractivity contribution < 1.29 is 18.8 Å². The van der Waals surface area contributed by atoms with Crippen LogP contribution in [0.5, 0.6) is 11.5 Å². The fourth-order valence-electron chi connectivity index (χ4n) is 2.86. The number of rotatable bonds is 7. The molecule has 146 valence electrons. The molecule has 0 fully saturated rings. The number of hydrogen-bond acceptors (Lipinski definition) is 6. The van der Waals surface area contributed by atoms with Crippen molar-refractivity contribution in [3.63, 3.8) is 0 Å². The smallest absolute Gasteiger partial charge is 0.254 e. The highest BCUT2D eigenvalue weighted by atomic mass is 16.5. The fraction of sp³-hybridized carbons (Fsp3) is 0.286. The number of benzene rings is 2. The first-order chi connectivity index (χ1) is 13.5. The highest BCUT2D eigenvalue weighted by Crippen LogP contribution is 2.28. The third-order valence-electron chi connectivity index (χ3n) is 4.37. The summed E-state index contributed by atoms with van der Waals surface area (Å²) >= 11 is 0. The van der Waals surface area contributed by atoms with Gasteiger partial charge in [0.1, 0.15) is 6.54 Å². The van der Waals surface area contributed by atoms with Crippen LogP contribution in [0.1, 0.15) is 28.7 Å². The maximum atomic E-state index is 12.9. The van der Waals surface area contributed by atoms with Crippen molar-refractivity contribution in [1.82, 2.24) is 15.0 Å². The van der Waals surface area contributed by atoms with Gasteiger partial charge in [0.25, 0.3) is 5.91 Å². The number of methoxy groups -OCH3 is 2. The summed E-state index contributed by atoms with van der Waals surface area (Å²) in [5, 5.41) is 4.04. The molecule has 1 heterocycles. The molecule has 7 nitrogen and oxygen atoms in total. The van der Waals surface area contributed by atoms with Gasteiger partial charge in [0.15, 0.2) is 11.5 Å². The molecule has 28 heavy (non-hydrogen) atoms. The number of aromatic nitrogens is 2. The molecular formula is C21H23N3O4. The van der Waals surface area contributed by atoms with Gasteiger partial charge in [-0.1, -0.05) is 28.9 Å². The van der Waals surface area contributed by atoms with E-state index in [9.17, 15) is 4.79 Å². The Balaban J connectivity index is 1.78. The van der Waals surface area contributed by atoms with E-state index in [1.165, 1.54) is 7.11 Å². The third kappa shape index (κ3) is 4.14. The van der Waals surface area contributed by atoms with Gasteiger partial charge in [-0.2, -0.15) is 4.98 Å². The maximum absolute atomic E-state index is 12.9. The van der Waals surface area contributed by atoms with E-state index in [-0.39, 0.29) is 12.5 Å². The van der Waals surface area contributed by atoms with Gasteiger partial charge in [0, 0.05) is 17.7 Å². The molecule has 1 amide bonds. The Morgan fingerprint density at radius 3 is 2.57 bits per heavy atom. The van der Waals surface area contributed by atoms with Crippen LogP contribution >= 0.6 is 0 Å². The zero-order valence-corrected chi connectivity index (χ0v) is 16.4. The molecule has 1 aromatic heterocycles. The molecule has 0 saturated carbocycles. The van der Waals surface area contributed by atoms with Crippen molar-refractivity contribution in [2.45, 2.75) is 20.4 Å². The van der Waals surface area contributed by atoms with Crippen molar-refractivity contribution in [3.8, 4) is 22.9 Å². The summed E-state index contributed by atoms with van der Waals surface area (Å²) in [6.07, 6.45) is 0. The van der Waals surface area contributed by atoms with E-state index in [1.807, 2.05) is 38.1 Å². The molecule has 2 aromatic carbocycles. The van der Waals surface area contributed by atoms with Crippen LogP contribution in [0.2, 0.25) is 0 Å². The SMILES string of the molecule is CCN(Cc1nc(-c2cccc(C)c2)no1)C(=O)c1ccc(OC)c(OC)c1. The van der Waals surface area contributed by atoms with E-state index in [0.29, 0.717) is 35.3 Å². The molecule has 7 heteroatoms. The average molecular weight is 381 g/mol. The molecule has 0 saturated heterocycles. The number of carbonyl (C=O) groups excluding carboxylic acids is 1. The van der Waals surface area contributed by atoms with Crippen molar-refractivity contribution in [2.75, 3.05) is 20.8 Å². The first kappa shape index (κ1) is 19.4.